The minimum absolute atomic E-state index is 0.214. The topological polar surface area (TPSA) is 117 Å². The van der Waals surface area contributed by atoms with Crippen LogP contribution in [0.5, 0.6) is 0 Å². The molecule has 1 unspecified atom stereocenters. The van der Waals surface area contributed by atoms with Crippen LogP contribution in [0.2, 0.25) is 0 Å². The van der Waals surface area contributed by atoms with Gasteiger partial charge in [-0.25, -0.2) is 9.07 Å². The van der Waals surface area contributed by atoms with E-state index in [9.17, 15) is 27.7 Å². The average Bonchev–Trinajstić information content (AvgIpc) is 3.45. The van der Waals surface area contributed by atoms with Gasteiger partial charge < -0.3 is 9.88 Å². The molecule has 1 aliphatic heterocycles. The number of fused-ring (bicyclic) bond motifs is 1. The second kappa shape index (κ2) is 8.75. The van der Waals surface area contributed by atoms with Crippen LogP contribution in [0.4, 0.5) is 29.2 Å². The van der Waals surface area contributed by atoms with Crippen molar-refractivity contribution in [3.05, 3.63) is 87.8 Å². The Morgan fingerprint density at radius 2 is 1.92 bits per heavy atom. The van der Waals surface area contributed by atoms with E-state index >= 15 is 0 Å². The minimum atomic E-state index is -4.81. The van der Waals surface area contributed by atoms with Gasteiger partial charge in [0, 0.05) is 18.8 Å². The number of anilines is 1. The second-order valence-corrected chi connectivity index (χ2v) is 8.68. The number of nitro groups is 1. The molecule has 0 radical (unpaired) electrons. The van der Waals surface area contributed by atoms with E-state index < -0.39 is 28.8 Å². The molecule has 0 saturated heterocycles. The van der Waals surface area contributed by atoms with Gasteiger partial charge in [-0.05, 0) is 59.3 Å². The van der Waals surface area contributed by atoms with Crippen molar-refractivity contribution in [1.29, 1.82) is 0 Å². The number of alkyl halides is 3. The van der Waals surface area contributed by atoms with Gasteiger partial charge in [-0.3, -0.25) is 10.1 Å². The first kappa shape index (κ1) is 23.5. The highest BCUT2D eigenvalue weighted by atomic mass is 32.2. The van der Waals surface area contributed by atoms with Gasteiger partial charge in [0.1, 0.15) is 18.2 Å². The maximum Gasteiger partial charge on any atom is 0.453 e. The summed E-state index contributed by atoms with van der Waals surface area (Å²) in [4.78, 5) is 15.1. The quantitative estimate of drug-likeness (QED) is 0.230. The van der Waals surface area contributed by atoms with Crippen molar-refractivity contribution in [2.75, 3.05) is 5.32 Å². The van der Waals surface area contributed by atoms with Crippen molar-refractivity contribution in [2.24, 2.45) is 7.05 Å². The van der Waals surface area contributed by atoms with Gasteiger partial charge in [-0.15, -0.1) is 15.3 Å². The van der Waals surface area contributed by atoms with Gasteiger partial charge in [0.15, 0.2) is 5.16 Å². The van der Waals surface area contributed by atoms with Crippen molar-refractivity contribution in [3.63, 3.8) is 0 Å². The fourth-order valence-electron chi connectivity index (χ4n) is 3.56. The van der Waals surface area contributed by atoms with E-state index in [-0.39, 0.29) is 16.5 Å². The molecule has 5 rings (SSSR count). The molecule has 2 aromatic carbocycles. The lowest BCUT2D eigenvalue weighted by molar-refractivity contribution is -0.387. The lowest BCUT2D eigenvalue weighted by Gasteiger charge is -2.24. The average molecular weight is 518 g/mol. The molecular weight excluding hydrogens is 504 g/mol. The van der Waals surface area contributed by atoms with Gasteiger partial charge >= 0.3 is 6.18 Å². The number of nitrogens with zero attached hydrogens (tertiary/aromatic N) is 7. The fourth-order valence-corrected chi connectivity index (χ4v) is 4.41. The van der Waals surface area contributed by atoms with Crippen LogP contribution in [0.3, 0.4) is 0 Å². The number of benzene rings is 2. The molecule has 1 N–H and O–H groups in total. The summed E-state index contributed by atoms with van der Waals surface area (Å²) in [6.45, 7) is 0. The standard InChI is InChI=1S/C21H14F4N8O2S/c1-31-10-26-29-20(31)36-17-7-4-12(8-16(17)33(34)35)15-9-14(11-2-5-13(22)6-3-11)27-19-28-18(21(23,24)25)30-32(15)19/h2-10,15H,1H3,(H,27,28,30). The van der Waals surface area contributed by atoms with Crippen molar-refractivity contribution < 1.29 is 22.5 Å². The van der Waals surface area contributed by atoms with Crippen molar-refractivity contribution in [3.8, 4) is 0 Å². The predicted molar refractivity (Wildman–Crippen MR) is 119 cm³/mol. The number of nitro benzene ring substituents is 1. The first-order valence-electron chi connectivity index (χ1n) is 10.2. The molecule has 0 bridgehead atoms. The highest BCUT2D eigenvalue weighted by Crippen LogP contribution is 2.39. The molecule has 0 amide bonds. The van der Waals surface area contributed by atoms with Crippen LogP contribution < -0.4 is 5.32 Å². The summed E-state index contributed by atoms with van der Waals surface area (Å²) < 4.78 is 56.1. The molecule has 3 heterocycles. The molecule has 0 aliphatic carbocycles. The number of nitrogens with one attached hydrogen (secondary N) is 1. The summed E-state index contributed by atoms with van der Waals surface area (Å²) in [6.07, 6.45) is -1.82. The molecule has 2 aromatic heterocycles. The van der Waals surface area contributed by atoms with E-state index in [0.717, 1.165) is 16.4 Å². The zero-order valence-corrected chi connectivity index (χ0v) is 19.0. The van der Waals surface area contributed by atoms with Crippen LogP contribution in [0.25, 0.3) is 5.70 Å². The molecule has 0 fully saturated rings. The van der Waals surface area contributed by atoms with E-state index in [1.165, 1.54) is 42.7 Å². The Bertz CT molecular complexity index is 1500. The zero-order valence-electron chi connectivity index (χ0n) is 18.1. The minimum Gasteiger partial charge on any atom is -0.324 e. The maximum absolute atomic E-state index is 13.4. The Morgan fingerprint density at radius 3 is 2.56 bits per heavy atom. The molecular formula is C21H14F4N8O2S. The molecule has 1 atom stereocenters. The van der Waals surface area contributed by atoms with Gasteiger partial charge in [-0.1, -0.05) is 6.07 Å². The van der Waals surface area contributed by atoms with Crippen molar-refractivity contribution in [1.82, 2.24) is 29.5 Å². The van der Waals surface area contributed by atoms with E-state index in [1.807, 2.05) is 0 Å². The molecule has 4 aromatic rings. The summed E-state index contributed by atoms with van der Waals surface area (Å²) in [5.41, 5.74) is 0.848. The van der Waals surface area contributed by atoms with Crippen LogP contribution in [0, 0.1) is 15.9 Å². The molecule has 15 heteroatoms. The number of hydrogen-bond acceptors (Lipinski definition) is 8. The predicted octanol–water partition coefficient (Wildman–Crippen LogP) is 4.68. The number of rotatable bonds is 5. The third kappa shape index (κ3) is 4.39. The second-order valence-electron chi connectivity index (χ2n) is 7.67. The SMILES string of the molecule is Cn1cnnc1Sc1ccc(C2C=C(c3ccc(F)cc3)Nc3nc(C(F)(F)F)nn32)cc1[N+](=O)[O-]. The molecule has 0 spiro atoms. The normalized spacial score (nSPS) is 15.2. The van der Waals surface area contributed by atoms with Crippen LogP contribution in [0.1, 0.15) is 23.0 Å². The number of hydrogen-bond donors (Lipinski definition) is 1. The largest absolute Gasteiger partial charge is 0.453 e. The molecule has 10 nitrogen and oxygen atoms in total. The maximum atomic E-state index is 13.4. The highest BCUT2D eigenvalue weighted by Gasteiger charge is 2.39. The Morgan fingerprint density at radius 1 is 1.17 bits per heavy atom. The zero-order chi connectivity index (χ0) is 25.6. The van der Waals surface area contributed by atoms with Crippen LogP contribution in [-0.4, -0.2) is 34.5 Å². The number of allylic oxidation sites excluding steroid dienone is 1. The van der Waals surface area contributed by atoms with Crippen molar-refractivity contribution in [2.45, 2.75) is 22.3 Å². The molecule has 36 heavy (non-hydrogen) atoms. The first-order valence-corrected chi connectivity index (χ1v) is 11.0. The highest BCUT2D eigenvalue weighted by molar-refractivity contribution is 7.99. The Labute approximate surface area is 203 Å². The van der Waals surface area contributed by atoms with E-state index in [1.54, 1.807) is 23.8 Å². The summed E-state index contributed by atoms with van der Waals surface area (Å²) in [5, 5.41) is 26.3. The number of halogens is 4. The van der Waals surface area contributed by atoms with Gasteiger partial charge in [0.05, 0.1) is 9.82 Å². The summed E-state index contributed by atoms with van der Waals surface area (Å²) in [7, 11) is 1.68. The summed E-state index contributed by atoms with van der Waals surface area (Å²) in [6, 6.07) is 8.65. The molecule has 0 saturated carbocycles. The third-order valence-electron chi connectivity index (χ3n) is 5.27. The van der Waals surface area contributed by atoms with Crippen LogP contribution in [-0.2, 0) is 13.2 Å². The number of aromatic nitrogens is 6. The summed E-state index contributed by atoms with van der Waals surface area (Å²) >= 11 is 1.02. The van der Waals surface area contributed by atoms with Crippen molar-refractivity contribution >= 4 is 29.1 Å². The van der Waals surface area contributed by atoms with Gasteiger partial charge in [0.25, 0.3) is 11.5 Å². The third-order valence-corrected chi connectivity index (χ3v) is 6.38. The smallest absolute Gasteiger partial charge is 0.324 e. The van der Waals surface area contributed by atoms with Crippen LogP contribution >= 0.6 is 11.8 Å². The Hall–Kier alpha value is -4.27. The van der Waals surface area contributed by atoms with E-state index in [0.29, 0.717) is 22.0 Å². The van der Waals surface area contributed by atoms with E-state index in [4.69, 9.17) is 0 Å². The van der Waals surface area contributed by atoms with E-state index in [2.05, 4.69) is 25.6 Å². The lowest BCUT2D eigenvalue weighted by atomic mass is 10.0. The molecule has 184 valence electrons. The Kier molecular flexibility index (Phi) is 5.70. The lowest BCUT2D eigenvalue weighted by Crippen LogP contribution is -2.20. The Balaban J connectivity index is 1.61. The fraction of sp³-hybridized carbons (Fsp3) is 0.143. The monoisotopic (exact) mass is 518 g/mol. The van der Waals surface area contributed by atoms with Crippen LogP contribution in [0.15, 0.2) is 64.9 Å². The number of aryl methyl sites for hydroxylation is 1. The molecule has 1 aliphatic rings. The van der Waals surface area contributed by atoms with Gasteiger partial charge in [0.2, 0.25) is 5.95 Å². The summed E-state index contributed by atoms with van der Waals surface area (Å²) in [5.74, 6) is -2.07. The first-order chi connectivity index (χ1) is 17.1. The van der Waals surface area contributed by atoms with Gasteiger partial charge in [-0.2, -0.15) is 18.2 Å².